The van der Waals surface area contributed by atoms with Gasteiger partial charge in [0.05, 0.1) is 17.7 Å². The molecule has 6 nitrogen and oxygen atoms in total. The highest BCUT2D eigenvalue weighted by Crippen LogP contribution is 2.29. The van der Waals surface area contributed by atoms with Gasteiger partial charge < -0.3 is 10.1 Å². The van der Waals surface area contributed by atoms with Gasteiger partial charge in [-0.15, -0.1) is 0 Å². The summed E-state index contributed by atoms with van der Waals surface area (Å²) in [4.78, 5) is 12.6. The lowest BCUT2D eigenvalue weighted by atomic mass is 10.0. The number of carbonyl (C=O) groups excluding carboxylic acids is 1. The van der Waals surface area contributed by atoms with Gasteiger partial charge in [-0.05, 0) is 60.9 Å². The molecule has 0 fully saturated rings. The molecule has 0 radical (unpaired) electrons. The van der Waals surface area contributed by atoms with Crippen LogP contribution < -0.4 is 14.8 Å². The second-order valence-corrected chi connectivity index (χ2v) is 9.25. The van der Waals surface area contributed by atoms with E-state index in [9.17, 15) is 13.2 Å². The molecule has 31 heavy (non-hydrogen) atoms. The first-order valence-electron chi connectivity index (χ1n) is 9.88. The molecule has 0 aliphatic rings. The third kappa shape index (κ3) is 5.44. The Labute approximate surface area is 183 Å². The monoisotopic (exact) mass is 438 g/mol. The standard InChI is InChI=1S/C24H26N2O4S/c1-16(2)18-9-11-20(12-10-18)26-31(28,29)21-13-14-23(30-4)22(15-21)25-24(27)19-7-5-17(3)6-8-19/h5-16,26H,1-4H3,(H,25,27). The number of nitrogens with one attached hydrogen (secondary N) is 2. The number of carbonyl (C=O) groups is 1. The first-order chi connectivity index (χ1) is 14.7. The molecule has 7 heteroatoms. The molecule has 3 aromatic carbocycles. The van der Waals surface area contributed by atoms with Crippen molar-refractivity contribution in [1.29, 1.82) is 0 Å². The number of methoxy groups -OCH3 is 1. The molecule has 162 valence electrons. The average Bonchev–Trinajstić information content (AvgIpc) is 2.74. The van der Waals surface area contributed by atoms with Crippen LogP contribution in [0, 0.1) is 6.92 Å². The Balaban J connectivity index is 1.85. The summed E-state index contributed by atoms with van der Waals surface area (Å²) in [5.74, 6) is 0.359. The molecule has 0 bridgehead atoms. The minimum absolute atomic E-state index is 0.0143. The van der Waals surface area contributed by atoms with Gasteiger partial charge in [-0.25, -0.2) is 8.42 Å². The summed E-state index contributed by atoms with van der Waals surface area (Å²) in [7, 11) is -2.40. The van der Waals surface area contributed by atoms with Gasteiger partial charge in [-0.3, -0.25) is 9.52 Å². The lowest BCUT2D eigenvalue weighted by Crippen LogP contribution is -2.16. The maximum Gasteiger partial charge on any atom is 0.261 e. The predicted octanol–water partition coefficient (Wildman–Crippen LogP) is 5.18. The first kappa shape index (κ1) is 22.4. The number of rotatable bonds is 7. The first-order valence-corrected chi connectivity index (χ1v) is 11.4. The van der Waals surface area contributed by atoms with Gasteiger partial charge in [0.1, 0.15) is 5.75 Å². The lowest BCUT2D eigenvalue weighted by Gasteiger charge is -2.14. The van der Waals surface area contributed by atoms with Crippen molar-refractivity contribution in [2.75, 3.05) is 17.1 Å². The fourth-order valence-electron chi connectivity index (χ4n) is 3.00. The van der Waals surface area contributed by atoms with Crippen LogP contribution in [0.4, 0.5) is 11.4 Å². The van der Waals surface area contributed by atoms with Crippen LogP contribution in [0.25, 0.3) is 0 Å². The van der Waals surface area contributed by atoms with Crippen molar-refractivity contribution in [2.24, 2.45) is 0 Å². The number of hydrogen-bond donors (Lipinski definition) is 2. The number of aryl methyl sites for hydroxylation is 1. The number of amides is 1. The van der Waals surface area contributed by atoms with E-state index in [2.05, 4.69) is 23.9 Å². The average molecular weight is 439 g/mol. The Morgan fingerprint density at radius 1 is 0.935 bits per heavy atom. The molecular weight excluding hydrogens is 412 g/mol. The predicted molar refractivity (Wildman–Crippen MR) is 123 cm³/mol. The smallest absolute Gasteiger partial charge is 0.261 e. The van der Waals surface area contributed by atoms with E-state index in [0.717, 1.165) is 11.1 Å². The van der Waals surface area contributed by atoms with E-state index in [4.69, 9.17) is 4.74 Å². The normalized spacial score (nSPS) is 11.3. The van der Waals surface area contributed by atoms with E-state index in [0.29, 0.717) is 22.9 Å². The molecule has 0 saturated carbocycles. The van der Waals surface area contributed by atoms with E-state index in [1.165, 1.54) is 25.3 Å². The Kier molecular flexibility index (Phi) is 6.65. The van der Waals surface area contributed by atoms with E-state index in [1.807, 2.05) is 31.2 Å². The van der Waals surface area contributed by atoms with Crippen molar-refractivity contribution < 1.29 is 17.9 Å². The maximum atomic E-state index is 12.9. The van der Waals surface area contributed by atoms with E-state index >= 15 is 0 Å². The molecule has 2 N–H and O–H groups in total. The fourth-order valence-corrected chi connectivity index (χ4v) is 4.09. The molecule has 3 rings (SSSR count). The Bertz CT molecular complexity index is 1170. The summed E-state index contributed by atoms with van der Waals surface area (Å²) in [5.41, 5.74) is 3.35. The van der Waals surface area contributed by atoms with E-state index in [1.54, 1.807) is 24.3 Å². The molecule has 0 aliphatic carbocycles. The summed E-state index contributed by atoms with van der Waals surface area (Å²) >= 11 is 0. The zero-order chi connectivity index (χ0) is 22.6. The van der Waals surface area contributed by atoms with Crippen molar-refractivity contribution in [1.82, 2.24) is 0 Å². The van der Waals surface area contributed by atoms with Crippen LogP contribution in [0.3, 0.4) is 0 Å². The van der Waals surface area contributed by atoms with Crippen molar-refractivity contribution in [3.8, 4) is 5.75 Å². The highest BCUT2D eigenvalue weighted by Gasteiger charge is 2.18. The van der Waals surface area contributed by atoms with Gasteiger partial charge in [0.25, 0.3) is 15.9 Å². The summed E-state index contributed by atoms with van der Waals surface area (Å²) < 4.78 is 33.7. The van der Waals surface area contributed by atoms with Crippen LogP contribution in [0.2, 0.25) is 0 Å². The summed E-state index contributed by atoms with van der Waals surface area (Å²) in [6.45, 7) is 6.08. The third-order valence-electron chi connectivity index (χ3n) is 4.87. The lowest BCUT2D eigenvalue weighted by molar-refractivity contribution is 0.102. The maximum absolute atomic E-state index is 12.9. The van der Waals surface area contributed by atoms with Crippen LogP contribution in [0.1, 0.15) is 41.3 Å². The van der Waals surface area contributed by atoms with Crippen LogP contribution in [-0.2, 0) is 10.0 Å². The fraction of sp³-hybridized carbons (Fsp3) is 0.208. The summed E-state index contributed by atoms with van der Waals surface area (Å²) in [5, 5.41) is 2.74. The molecule has 0 aliphatic heterocycles. The van der Waals surface area contributed by atoms with Crippen molar-refractivity contribution >= 4 is 27.3 Å². The summed E-state index contributed by atoms with van der Waals surface area (Å²) in [6.07, 6.45) is 0. The minimum Gasteiger partial charge on any atom is -0.495 e. The van der Waals surface area contributed by atoms with Gasteiger partial charge in [0.2, 0.25) is 0 Å². The molecule has 0 atom stereocenters. The van der Waals surface area contributed by atoms with E-state index < -0.39 is 10.0 Å². The molecule has 0 saturated heterocycles. The number of anilines is 2. The van der Waals surface area contributed by atoms with Crippen molar-refractivity contribution in [2.45, 2.75) is 31.6 Å². The molecule has 3 aromatic rings. The van der Waals surface area contributed by atoms with Crippen molar-refractivity contribution in [3.05, 3.63) is 83.4 Å². The second-order valence-electron chi connectivity index (χ2n) is 7.56. The number of benzene rings is 3. The van der Waals surface area contributed by atoms with Gasteiger partial charge in [0.15, 0.2) is 0 Å². The van der Waals surface area contributed by atoms with Gasteiger partial charge >= 0.3 is 0 Å². The quantitative estimate of drug-likeness (QED) is 0.532. The second kappa shape index (κ2) is 9.22. The molecule has 0 unspecified atom stereocenters. The zero-order valence-electron chi connectivity index (χ0n) is 18.0. The highest BCUT2D eigenvalue weighted by molar-refractivity contribution is 7.92. The summed E-state index contributed by atoms with van der Waals surface area (Å²) in [6, 6.07) is 18.7. The number of ether oxygens (including phenoxy) is 1. The molecule has 0 heterocycles. The molecule has 0 aromatic heterocycles. The van der Waals surface area contributed by atoms with Gasteiger partial charge in [-0.1, -0.05) is 43.7 Å². The van der Waals surface area contributed by atoms with Crippen LogP contribution in [-0.4, -0.2) is 21.4 Å². The highest BCUT2D eigenvalue weighted by atomic mass is 32.2. The zero-order valence-corrected chi connectivity index (χ0v) is 18.8. The molecular formula is C24H26N2O4S. The van der Waals surface area contributed by atoms with E-state index in [-0.39, 0.29) is 16.5 Å². The van der Waals surface area contributed by atoms with Crippen LogP contribution in [0.15, 0.2) is 71.6 Å². The molecule has 1 amide bonds. The van der Waals surface area contributed by atoms with Crippen molar-refractivity contribution in [3.63, 3.8) is 0 Å². The number of sulfonamides is 1. The van der Waals surface area contributed by atoms with Crippen LogP contribution >= 0.6 is 0 Å². The SMILES string of the molecule is COc1ccc(S(=O)(=O)Nc2ccc(C(C)C)cc2)cc1NC(=O)c1ccc(C)cc1. The Morgan fingerprint density at radius 2 is 1.58 bits per heavy atom. The minimum atomic E-state index is -3.86. The van der Waals surface area contributed by atoms with Crippen LogP contribution in [0.5, 0.6) is 5.75 Å². The van der Waals surface area contributed by atoms with Gasteiger partial charge in [-0.2, -0.15) is 0 Å². The Hall–Kier alpha value is -3.32. The van der Waals surface area contributed by atoms with Gasteiger partial charge in [0, 0.05) is 11.3 Å². The Morgan fingerprint density at radius 3 is 2.16 bits per heavy atom. The molecule has 0 spiro atoms. The third-order valence-corrected chi connectivity index (χ3v) is 6.25. The topological polar surface area (TPSA) is 84.5 Å². The number of hydrogen-bond acceptors (Lipinski definition) is 4. The largest absolute Gasteiger partial charge is 0.495 e.